The van der Waals surface area contributed by atoms with Crippen molar-refractivity contribution in [3.8, 4) is 0 Å². The summed E-state index contributed by atoms with van der Waals surface area (Å²) in [5, 5.41) is 5.96. The molecule has 0 aromatic rings. The standard InChI is InChI=1S/C21H42N4O2/c1-18(2,10-19(3,4)12-22)9-14-16(26)25-15(17(27)24-14)21(7,8)11-20(5,6)13-23/h14-15H,9-13,22-23H2,1-8H3,(H,24,27)(H,25,26). The van der Waals surface area contributed by atoms with Crippen LogP contribution in [-0.2, 0) is 9.59 Å². The Morgan fingerprint density at radius 3 is 1.70 bits per heavy atom. The fourth-order valence-corrected chi connectivity index (χ4v) is 4.72. The van der Waals surface area contributed by atoms with Crippen molar-refractivity contribution in [2.45, 2.75) is 86.7 Å². The lowest BCUT2D eigenvalue weighted by molar-refractivity contribution is -0.141. The monoisotopic (exact) mass is 382 g/mol. The van der Waals surface area contributed by atoms with Gasteiger partial charge in [-0.05, 0) is 54.0 Å². The van der Waals surface area contributed by atoms with Crippen LogP contribution in [-0.4, -0.2) is 37.0 Å². The molecule has 6 heteroatoms. The van der Waals surface area contributed by atoms with Crippen LogP contribution in [0.2, 0.25) is 0 Å². The van der Waals surface area contributed by atoms with Crippen molar-refractivity contribution in [1.29, 1.82) is 0 Å². The topological polar surface area (TPSA) is 110 Å². The van der Waals surface area contributed by atoms with Crippen LogP contribution in [0, 0.1) is 21.7 Å². The van der Waals surface area contributed by atoms with Gasteiger partial charge < -0.3 is 22.1 Å². The van der Waals surface area contributed by atoms with E-state index in [0.29, 0.717) is 19.5 Å². The van der Waals surface area contributed by atoms with Gasteiger partial charge in [0.25, 0.3) is 0 Å². The normalized spacial score (nSPS) is 22.4. The molecule has 6 N–H and O–H groups in total. The van der Waals surface area contributed by atoms with Crippen molar-refractivity contribution < 1.29 is 9.59 Å². The third-order valence-electron chi connectivity index (χ3n) is 5.72. The minimum absolute atomic E-state index is 0.00299. The van der Waals surface area contributed by atoms with Crippen molar-refractivity contribution in [2.75, 3.05) is 13.1 Å². The summed E-state index contributed by atoms with van der Waals surface area (Å²) in [6.07, 6.45) is 2.22. The highest BCUT2D eigenvalue weighted by Crippen LogP contribution is 2.39. The molecule has 1 heterocycles. The number of hydrogen-bond donors (Lipinski definition) is 4. The first kappa shape index (κ1) is 23.9. The van der Waals surface area contributed by atoms with E-state index in [2.05, 4.69) is 52.2 Å². The summed E-state index contributed by atoms with van der Waals surface area (Å²) < 4.78 is 0. The highest BCUT2D eigenvalue weighted by atomic mass is 16.2. The molecular weight excluding hydrogens is 340 g/mol. The second kappa shape index (κ2) is 8.08. The maximum atomic E-state index is 12.8. The van der Waals surface area contributed by atoms with Crippen LogP contribution in [0.5, 0.6) is 0 Å². The Morgan fingerprint density at radius 2 is 1.22 bits per heavy atom. The van der Waals surface area contributed by atoms with E-state index in [-0.39, 0.29) is 33.5 Å². The average molecular weight is 383 g/mol. The Hall–Kier alpha value is -1.14. The summed E-state index contributed by atoms with van der Waals surface area (Å²) in [6.45, 7) is 17.8. The van der Waals surface area contributed by atoms with Gasteiger partial charge >= 0.3 is 0 Å². The zero-order valence-electron chi connectivity index (χ0n) is 18.7. The molecule has 1 aliphatic rings. The van der Waals surface area contributed by atoms with E-state index in [1.54, 1.807) is 0 Å². The quantitative estimate of drug-likeness (QED) is 0.490. The minimum atomic E-state index is -0.546. The van der Waals surface area contributed by atoms with Crippen molar-refractivity contribution in [3.63, 3.8) is 0 Å². The number of hydrogen-bond acceptors (Lipinski definition) is 4. The van der Waals surface area contributed by atoms with Gasteiger partial charge in [0.1, 0.15) is 12.1 Å². The fourth-order valence-electron chi connectivity index (χ4n) is 4.72. The summed E-state index contributed by atoms with van der Waals surface area (Å²) in [7, 11) is 0. The molecule has 2 atom stereocenters. The molecule has 1 rings (SSSR count). The maximum Gasteiger partial charge on any atom is 0.243 e. The molecule has 0 bridgehead atoms. The summed E-state index contributed by atoms with van der Waals surface area (Å²) >= 11 is 0. The first-order valence-electron chi connectivity index (χ1n) is 10.1. The third kappa shape index (κ3) is 6.75. The predicted molar refractivity (Wildman–Crippen MR) is 111 cm³/mol. The lowest BCUT2D eigenvalue weighted by Gasteiger charge is -2.44. The molecule has 0 aliphatic carbocycles. The second-order valence-corrected chi connectivity index (χ2v) is 11.4. The minimum Gasteiger partial charge on any atom is -0.342 e. The first-order chi connectivity index (χ1) is 12.0. The van der Waals surface area contributed by atoms with Crippen LogP contribution in [0.15, 0.2) is 0 Å². The van der Waals surface area contributed by atoms with E-state index in [1.807, 2.05) is 13.8 Å². The van der Waals surface area contributed by atoms with Crippen LogP contribution in [0.1, 0.15) is 74.7 Å². The maximum absolute atomic E-state index is 12.8. The van der Waals surface area contributed by atoms with Crippen molar-refractivity contribution >= 4 is 11.8 Å². The predicted octanol–water partition coefficient (Wildman–Crippen LogP) is 2.16. The summed E-state index contributed by atoms with van der Waals surface area (Å²) in [5.41, 5.74) is 11.1. The highest BCUT2D eigenvalue weighted by molar-refractivity contribution is 5.97. The largest absolute Gasteiger partial charge is 0.342 e. The first-order valence-corrected chi connectivity index (χ1v) is 10.1. The van der Waals surface area contributed by atoms with Gasteiger partial charge in [-0.3, -0.25) is 9.59 Å². The van der Waals surface area contributed by atoms with Gasteiger partial charge in [0, 0.05) is 0 Å². The molecule has 0 aromatic carbocycles. The zero-order valence-corrected chi connectivity index (χ0v) is 18.7. The molecule has 0 saturated carbocycles. The molecule has 2 unspecified atom stereocenters. The van der Waals surface area contributed by atoms with E-state index in [0.717, 1.165) is 12.8 Å². The molecule has 0 radical (unpaired) electrons. The molecule has 1 fully saturated rings. The Kier molecular flexibility index (Phi) is 7.15. The van der Waals surface area contributed by atoms with Crippen molar-refractivity contribution in [1.82, 2.24) is 10.6 Å². The molecule has 1 aliphatic heterocycles. The van der Waals surface area contributed by atoms with Gasteiger partial charge in [-0.2, -0.15) is 0 Å². The smallest absolute Gasteiger partial charge is 0.243 e. The van der Waals surface area contributed by atoms with Gasteiger partial charge in [0.05, 0.1) is 0 Å². The fraction of sp³-hybridized carbons (Fsp3) is 0.905. The Balaban J connectivity index is 2.84. The van der Waals surface area contributed by atoms with Gasteiger partial charge in [-0.1, -0.05) is 55.4 Å². The van der Waals surface area contributed by atoms with E-state index in [1.165, 1.54) is 0 Å². The number of nitrogens with two attached hydrogens (primary N) is 2. The highest BCUT2D eigenvalue weighted by Gasteiger charge is 2.45. The molecule has 1 saturated heterocycles. The van der Waals surface area contributed by atoms with E-state index < -0.39 is 12.1 Å². The molecule has 27 heavy (non-hydrogen) atoms. The SMILES string of the molecule is CC(C)(CN)CC(C)(C)CC1NC(=O)C(C(C)(C)CC(C)(C)CN)NC1=O. The van der Waals surface area contributed by atoms with Crippen LogP contribution in [0.4, 0.5) is 0 Å². The molecule has 6 nitrogen and oxygen atoms in total. The second-order valence-electron chi connectivity index (χ2n) is 11.4. The van der Waals surface area contributed by atoms with Crippen LogP contribution in [0.3, 0.4) is 0 Å². The number of rotatable bonds is 9. The molecule has 0 aromatic heterocycles. The van der Waals surface area contributed by atoms with Crippen LogP contribution in [0.25, 0.3) is 0 Å². The molecular formula is C21H42N4O2. The van der Waals surface area contributed by atoms with Gasteiger partial charge in [-0.25, -0.2) is 0 Å². The number of amides is 2. The van der Waals surface area contributed by atoms with E-state index in [9.17, 15) is 9.59 Å². The lowest BCUT2D eigenvalue weighted by atomic mass is 9.69. The average Bonchev–Trinajstić information content (AvgIpc) is 2.48. The lowest BCUT2D eigenvalue weighted by Crippen LogP contribution is -2.66. The van der Waals surface area contributed by atoms with E-state index >= 15 is 0 Å². The van der Waals surface area contributed by atoms with E-state index in [4.69, 9.17) is 11.5 Å². The Labute approximate surface area is 165 Å². The van der Waals surface area contributed by atoms with Crippen molar-refractivity contribution in [3.05, 3.63) is 0 Å². The number of carbonyl (C=O) groups excluding carboxylic acids is 2. The van der Waals surface area contributed by atoms with Crippen LogP contribution >= 0.6 is 0 Å². The number of carbonyl (C=O) groups is 2. The number of piperazine rings is 1. The summed E-state index contributed by atoms with van der Waals surface area (Å²) in [6, 6.07) is -1.05. The van der Waals surface area contributed by atoms with Gasteiger partial charge in [0.2, 0.25) is 11.8 Å². The Bertz CT molecular complexity index is 552. The summed E-state index contributed by atoms with van der Waals surface area (Å²) in [5.74, 6) is -0.205. The summed E-state index contributed by atoms with van der Waals surface area (Å²) in [4.78, 5) is 25.6. The van der Waals surface area contributed by atoms with Crippen molar-refractivity contribution in [2.24, 2.45) is 33.1 Å². The van der Waals surface area contributed by atoms with Gasteiger partial charge in [0.15, 0.2) is 0 Å². The Morgan fingerprint density at radius 1 is 0.741 bits per heavy atom. The van der Waals surface area contributed by atoms with Crippen LogP contribution < -0.4 is 22.1 Å². The third-order valence-corrected chi connectivity index (χ3v) is 5.72. The zero-order chi connectivity index (χ0) is 21.3. The molecule has 0 spiro atoms. The van der Waals surface area contributed by atoms with Gasteiger partial charge in [-0.15, -0.1) is 0 Å². The molecule has 158 valence electrons. The molecule has 2 amide bonds. The number of nitrogens with one attached hydrogen (secondary N) is 2.